The van der Waals surface area contributed by atoms with Gasteiger partial charge in [0, 0.05) is 0 Å². The van der Waals surface area contributed by atoms with E-state index in [-0.39, 0.29) is 18.5 Å². The van der Waals surface area contributed by atoms with Crippen LogP contribution >= 0.6 is 0 Å². The molecule has 0 radical (unpaired) electrons. The Morgan fingerprint density at radius 3 is 1.48 bits per heavy atom. The molecule has 0 aromatic heterocycles. The summed E-state index contributed by atoms with van der Waals surface area (Å²) in [5, 5.41) is 24.2. The molecule has 4 atom stereocenters. The number of rotatable bonds is 4. The molecule has 10 saturated heterocycles. The van der Waals surface area contributed by atoms with Crippen molar-refractivity contribution in [3.63, 3.8) is 0 Å². The number of nitro groups is 2. The van der Waals surface area contributed by atoms with Crippen LogP contribution in [0.1, 0.15) is 25.7 Å². The van der Waals surface area contributed by atoms with Crippen LogP contribution in [-0.2, 0) is 6.37 Å². The van der Waals surface area contributed by atoms with Gasteiger partial charge < -0.3 is 0 Å². The Bertz CT molecular complexity index is 1540. The second kappa shape index (κ2) is 1.51. The fourth-order valence-electron chi connectivity index (χ4n) is 19.6. The van der Waals surface area contributed by atoms with Gasteiger partial charge in [0.2, 0.25) is 0 Å². The van der Waals surface area contributed by atoms with E-state index in [1.807, 2.05) is 12.2 Å². The summed E-state index contributed by atoms with van der Waals surface area (Å²) >= 11 is 0. The van der Waals surface area contributed by atoms with Gasteiger partial charge in [0.15, 0.2) is 0 Å². The summed E-state index contributed by atoms with van der Waals surface area (Å²) < 4.78 is 0.239. The molecule has 0 saturated carbocycles. The second-order valence-electron chi connectivity index (χ2n) is 13.4. The first-order valence-electron chi connectivity index (χ1n) is 11.0. The zero-order valence-corrected chi connectivity index (χ0v) is 16.7. The van der Waals surface area contributed by atoms with Crippen LogP contribution in [0, 0.1) is 20.2 Å². The van der Waals surface area contributed by atoms with Gasteiger partial charge in [-0.2, -0.15) is 0 Å². The van der Waals surface area contributed by atoms with Crippen molar-refractivity contribution in [2.45, 2.75) is 73.2 Å². The third kappa shape index (κ3) is 0.217. The molecule has 4 unspecified atom stereocenters. The average molecular weight is 435 g/mol. The quantitative estimate of drug-likeness (QED) is 0.408. The van der Waals surface area contributed by atoms with E-state index in [0.717, 1.165) is 64.5 Å². The normalized spacial score (nSPS) is 82.6. The first-order valence-corrected chi connectivity index (χ1v) is 16.8. The summed E-state index contributed by atoms with van der Waals surface area (Å²) in [6, 6.07) is 0. The van der Waals surface area contributed by atoms with E-state index in [1.54, 1.807) is 12.2 Å². The minimum atomic E-state index is -3.96. The van der Waals surface area contributed by atoms with E-state index >= 15 is 0 Å². The standard InChI is InChI=1S/C17H15N2O4.C5H5.Co/c20-18(21)16-10-3-1-6-14(16)12-8-5-9-13(12)15-7-2-4-11-17(15)19(22)23;1-2-4-5-3-1;/h3-5,8-11H,1-2,6-7H2;1-5H;. The molecule has 0 N–H and O–H groups in total. The van der Waals surface area contributed by atoms with Crippen LogP contribution in [-0.4, -0.2) is 9.85 Å². The molecule has 29 heavy (non-hydrogen) atoms. The van der Waals surface area contributed by atoms with Crippen LogP contribution in [0.25, 0.3) is 0 Å². The Hall–Kier alpha value is -1.73. The van der Waals surface area contributed by atoms with E-state index in [1.165, 1.54) is 11.1 Å². The van der Waals surface area contributed by atoms with Crippen molar-refractivity contribution in [1.29, 1.82) is 0 Å². The molecule has 151 valence electrons. The molecule has 2 aliphatic carbocycles. The molecule has 1 spiro atoms. The number of hydrogen-bond donors (Lipinski definition) is 0. The fraction of sp³-hybridized carbons (Fsp3) is 0.636. The third-order valence-corrected chi connectivity index (χ3v) is 58.0. The van der Waals surface area contributed by atoms with Gasteiger partial charge >= 0.3 is 156 Å². The zero-order valence-electron chi connectivity index (χ0n) is 15.6. The van der Waals surface area contributed by atoms with Crippen LogP contribution in [0.4, 0.5) is 0 Å². The van der Waals surface area contributed by atoms with Gasteiger partial charge in [-0.1, -0.05) is 0 Å². The maximum absolute atomic E-state index is 12.1. The maximum atomic E-state index is 12.1. The van der Waals surface area contributed by atoms with Gasteiger partial charge in [-0.3, -0.25) is 0 Å². The predicted molar refractivity (Wildman–Crippen MR) is 100 cm³/mol. The molecule has 6 nitrogen and oxygen atoms in total. The molecule has 10 aliphatic heterocycles. The number of allylic oxidation sites excluding steroid dienone is 6. The molecule has 0 amide bonds. The van der Waals surface area contributed by atoms with Gasteiger partial charge in [0.25, 0.3) is 0 Å². The van der Waals surface area contributed by atoms with E-state index in [4.69, 9.17) is 0 Å². The van der Waals surface area contributed by atoms with Gasteiger partial charge in [-0.25, -0.2) is 0 Å². The summed E-state index contributed by atoms with van der Waals surface area (Å²) in [5.41, 5.74) is 3.23. The molecule has 10 heterocycles. The van der Waals surface area contributed by atoms with Crippen molar-refractivity contribution in [3.05, 3.63) is 67.1 Å². The summed E-state index contributed by atoms with van der Waals surface area (Å²) in [4.78, 5) is 31.4. The van der Waals surface area contributed by atoms with Gasteiger partial charge in [-0.05, 0) is 0 Å². The second-order valence-corrected chi connectivity index (χ2v) is 35.3. The van der Waals surface area contributed by atoms with Crippen molar-refractivity contribution in [3.8, 4) is 0 Å². The predicted octanol–water partition coefficient (Wildman–Crippen LogP) is 5.88. The van der Waals surface area contributed by atoms with E-state index in [9.17, 15) is 20.2 Å². The fourth-order valence-corrected chi connectivity index (χ4v) is 90.3. The molecule has 0 aromatic rings. The molecule has 10 fully saturated rings. The topological polar surface area (TPSA) is 86.3 Å². The molecule has 12 rings (SSSR count). The zero-order chi connectivity index (χ0) is 19.1. The Balaban J connectivity index is 1.33. The van der Waals surface area contributed by atoms with Crippen LogP contribution in [0.5, 0.6) is 0 Å². The van der Waals surface area contributed by atoms with Crippen LogP contribution in [0.3, 0.4) is 0 Å². The molecule has 0 bridgehead atoms. The van der Waals surface area contributed by atoms with E-state index in [2.05, 4.69) is 0 Å². The Morgan fingerprint density at radius 2 is 1.17 bits per heavy atom. The van der Waals surface area contributed by atoms with Gasteiger partial charge in [0.05, 0.1) is 0 Å². The third-order valence-electron chi connectivity index (χ3n) is 17.6. The summed E-state index contributed by atoms with van der Waals surface area (Å²) in [6.07, 6.45) is 7.08. The van der Waals surface area contributed by atoms with Crippen molar-refractivity contribution >= 4 is 0 Å². The number of nitrogens with zero attached hydrogens (tertiary/aromatic N) is 2. The van der Waals surface area contributed by atoms with Crippen LogP contribution < -0.4 is 0 Å². The monoisotopic (exact) mass is 435 g/mol. The first kappa shape index (κ1) is 12.8. The first-order chi connectivity index (χ1) is 13.8. The number of hydrogen-bond acceptors (Lipinski definition) is 4. The molecular weight excluding hydrogens is 415 g/mol. The molecule has 12 aliphatic rings. The van der Waals surface area contributed by atoms with Crippen LogP contribution in [0.2, 0.25) is 47.5 Å². The van der Waals surface area contributed by atoms with Crippen molar-refractivity contribution < 1.29 is 16.2 Å². The molecule has 7 heteroatoms. The van der Waals surface area contributed by atoms with E-state index in [0.29, 0.717) is 11.4 Å². The Morgan fingerprint density at radius 1 is 0.759 bits per heavy atom. The minimum absolute atomic E-state index is 0.118. The van der Waals surface area contributed by atoms with Crippen molar-refractivity contribution in [2.75, 3.05) is 0 Å². The Kier molecular flexibility index (Phi) is 0.670. The average Bonchev–Trinajstić information content (AvgIpc) is 3.67. The SMILES string of the molecule is O=[N+]([O-])C1=C([C]23[CH]4[CH]5[CH]6[C]2(C2=C([N+](=O)[O-])C=CCC2)[Co]54632789[CH]3[CH]2[CH]7[CH]8[CH]39)CCC=C1. The summed E-state index contributed by atoms with van der Waals surface area (Å²) in [6.45, 7) is 0. The summed E-state index contributed by atoms with van der Waals surface area (Å²) in [5.74, 6) is 0. The van der Waals surface area contributed by atoms with Gasteiger partial charge in [-0.15, -0.1) is 0 Å². The van der Waals surface area contributed by atoms with Crippen LogP contribution in [0.15, 0.2) is 46.8 Å². The van der Waals surface area contributed by atoms with Crippen molar-refractivity contribution in [1.82, 2.24) is 0 Å². The summed E-state index contributed by atoms with van der Waals surface area (Å²) in [7, 11) is 0. The van der Waals surface area contributed by atoms with Gasteiger partial charge in [0.1, 0.15) is 0 Å². The van der Waals surface area contributed by atoms with Crippen molar-refractivity contribution in [2.24, 2.45) is 0 Å². The molecule has 0 aromatic carbocycles. The number of fused-ring (bicyclic) bond motifs is 10. The molecular formula is C22H20CoN2O4. The van der Waals surface area contributed by atoms with E-state index < -0.39 is 6.37 Å². The Labute approximate surface area is 156 Å².